The number of carbonyl (C=O) groups excluding carboxylic acids is 1. The molecule has 2 rings (SSSR count). The normalized spacial score (nSPS) is 13.5. The average Bonchev–Trinajstić information content (AvgIpc) is 2.53. The highest BCUT2D eigenvalue weighted by molar-refractivity contribution is 6.30. The monoisotopic (exact) mass is 337 g/mol. The van der Waals surface area contributed by atoms with E-state index in [1.165, 1.54) is 7.11 Å². The van der Waals surface area contributed by atoms with E-state index in [1.807, 2.05) is 43.3 Å². The molecule has 0 aliphatic heterocycles. The molecular weight excluding hydrogens is 321 g/mol. The molecule has 0 spiro atoms. The molecule has 116 valence electrons. The number of nitrogens with one attached hydrogen (secondary N) is 1. The van der Waals surface area contributed by atoms with Gasteiger partial charge in [-0.15, -0.1) is 0 Å². The number of methoxy groups -OCH3 is 1. The van der Waals surface area contributed by atoms with Gasteiger partial charge in [-0.05, 0) is 42.3 Å². The van der Waals surface area contributed by atoms with Crippen LogP contribution < -0.4 is 5.32 Å². The van der Waals surface area contributed by atoms with E-state index in [1.54, 1.807) is 12.1 Å². The van der Waals surface area contributed by atoms with Crippen molar-refractivity contribution in [3.05, 3.63) is 69.7 Å². The highest BCUT2D eigenvalue weighted by Gasteiger charge is 2.23. The lowest BCUT2D eigenvalue weighted by molar-refractivity contribution is -0.143. The molecule has 0 bridgehead atoms. The number of hydrogen-bond donors (Lipinski definition) is 1. The minimum absolute atomic E-state index is 0.0444. The fourth-order valence-corrected chi connectivity index (χ4v) is 2.42. The first-order valence-corrected chi connectivity index (χ1v) is 7.61. The lowest BCUT2D eigenvalue weighted by atomic mass is 10.0. The predicted molar refractivity (Wildman–Crippen MR) is 89.2 cm³/mol. The van der Waals surface area contributed by atoms with Gasteiger partial charge in [-0.3, -0.25) is 5.32 Å². The van der Waals surface area contributed by atoms with Crippen molar-refractivity contribution < 1.29 is 9.53 Å². The van der Waals surface area contributed by atoms with Gasteiger partial charge < -0.3 is 4.74 Å². The summed E-state index contributed by atoms with van der Waals surface area (Å²) >= 11 is 11.8. The minimum atomic E-state index is -0.562. The highest BCUT2D eigenvalue weighted by Crippen LogP contribution is 2.23. The molecule has 0 fully saturated rings. The Morgan fingerprint density at radius 3 is 1.86 bits per heavy atom. The van der Waals surface area contributed by atoms with Crippen LogP contribution >= 0.6 is 23.2 Å². The largest absolute Gasteiger partial charge is 0.468 e. The summed E-state index contributed by atoms with van der Waals surface area (Å²) in [4.78, 5) is 12.1. The Morgan fingerprint density at radius 1 is 0.955 bits per heavy atom. The zero-order valence-electron chi connectivity index (χ0n) is 12.3. The Kier molecular flexibility index (Phi) is 5.83. The molecule has 0 radical (unpaired) electrons. The van der Waals surface area contributed by atoms with Crippen molar-refractivity contribution in [3.63, 3.8) is 0 Å². The molecule has 3 nitrogen and oxygen atoms in total. The zero-order valence-corrected chi connectivity index (χ0v) is 13.9. The van der Waals surface area contributed by atoms with Gasteiger partial charge in [-0.1, -0.05) is 47.5 Å². The number of benzene rings is 2. The quantitative estimate of drug-likeness (QED) is 0.813. The summed E-state index contributed by atoms with van der Waals surface area (Å²) in [7, 11) is 1.37. The number of esters is 1. The van der Waals surface area contributed by atoms with Crippen molar-refractivity contribution in [1.29, 1.82) is 0 Å². The van der Waals surface area contributed by atoms with Crippen molar-refractivity contribution >= 4 is 29.2 Å². The molecule has 0 aliphatic rings. The standard InChI is InChI=1S/C17H17Cl2NO2/c1-11(12-3-7-14(18)8-4-12)20-16(17(21)22-2)13-5-9-15(19)10-6-13/h3-11,16,20H,1-2H3/t11-,16-/m1/s1. The van der Waals surface area contributed by atoms with Gasteiger partial charge in [0.2, 0.25) is 0 Å². The van der Waals surface area contributed by atoms with Crippen LogP contribution in [0.1, 0.15) is 30.1 Å². The number of hydrogen-bond acceptors (Lipinski definition) is 3. The van der Waals surface area contributed by atoms with Crippen LogP contribution in [0, 0.1) is 0 Å². The first kappa shape index (κ1) is 16.8. The van der Waals surface area contributed by atoms with Crippen LogP contribution in [-0.4, -0.2) is 13.1 Å². The number of carbonyl (C=O) groups is 1. The second-order valence-electron chi connectivity index (χ2n) is 4.95. The average molecular weight is 338 g/mol. The molecular formula is C17H17Cl2NO2. The van der Waals surface area contributed by atoms with Gasteiger partial charge in [0.15, 0.2) is 0 Å². The fraction of sp³-hybridized carbons (Fsp3) is 0.235. The van der Waals surface area contributed by atoms with Crippen LogP contribution in [0.5, 0.6) is 0 Å². The van der Waals surface area contributed by atoms with Gasteiger partial charge >= 0.3 is 5.97 Å². The lowest BCUT2D eigenvalue weighted by Crippen LogP contribution is -2.31. The Balaban J connectivity index is 2.21. The molecule has 0 aromatic heterocycles. The molecule has 0 saturated heterocycles. The summed E-state index contributed by atoms with van der Waals surface area (Å²) in [5.74, 6) is -0.344. The predicted octanol–water partition coefficient (Wildman–Crippen LogP) is 4.56. The van der Waals surface area contributed by atoms with E-state index in [0.717, 1.165) is 11.1 Å². The van der Waals surface area contributed by atoms with Gasteiger partial charge in [0, 0.05) is 16.1 Å². The van der Waals surface area contributed by atoms with E-state index in [-0.39, 0.29) is 12.0 Å². The summed E-state index contributed by atoms with van der Waals surface area (Å²) < 4.78 is 4.90. The molecule has 0 amide bonds. The number of rotatable bonds is 5. The Hall–Kier alpha value is -1.55. The smallest absolute Gasteiger partial charge is 0.327 e. The summed E-state index contributed by atoms with van der Waals surface area (Å²) in [6.07, 6.45) is 0. The van der Waals surface area contributed by atoms with E-state index in [4.69, 9.17) is 27.9 Å². The maximum Gasteiger partial charge on any atom is 0.327 e. The van der Waals surface area contributed by atoms with Crippen molar-refractivity contribution in [2.75, 3.05) is 7.11 Å². The maximum absolute atomic E-state index is 12.1. The van der Waals surface area contributed by atoms with E-state index in [2.05, 4.69) is 5.32 Å². The van der Waals surface area contributed by atoms with Gasteiger partial charge in [-0.2, -0.15) is 0 Å². The van der Waals surface area contributed by atoms with Gasteiger partial charge in [-0.25, -0.2) is 4.79 Å². The molecule has 0 heterocycles. The Bertz CT molecular complexity index is 626. The van der Waals surface area contributed by atoms with E-state index < -0.39 is 6.04 Å². The topological polar surface area (TPSA) is 38.3 Å². The zero-order chi connectivity index (χ0) is 16.1. The maximum atomic E-state index is 12.1. The summed E-state index contributed by atoms with van der Waals surface area (Å²) in [6.45, 7) is 1.98. The van der Waals surface area contributed by atoms with Gasteiger partial charge in [0.05, 0.1) is 7.11 Å². The van der Waals surface area contributed by atoms with Crippen LogP contribution in [0.4, 0.5) is 0 Å². The minimum Gasteiger partial charge on any atom is -0.468 e. The third kappa shape index (κ3) is 4.23. The summed E-state index contributed by atoms with van der Waals surface area (Å²) in [6, 6.07) is 14.0. The third-order valence-corrected chi connectivity index (χ3v) is 3.93. The molecule has 1 N–H and O–H groups in total. The van der Waals surface area contributed by atoms with Crippen LogP contribution in [-0.2, 0) is 9.53 Å². The molecule has 0 saturated carbocycles. The second-order valence-corrected chi connectivity index (χ2v) is 5.82. The number of halogens is 2. The number of ether oxygens (including phenoxy) is 1. The molecule has 0 unspecified atom stereocenters. The Morgan fingerprint density at radius 2 is 1.41 bits per heavy atom. The van der Waals surface area contributed by atoms with E-state index in [0.29, 0.717) is 10.0 Å². The molecule has 0 aliphatic carbocycles. The van der Waals surface area contributed by atoms with Crippen LogP contribution in [0.3, 0.4) is 0 Å². The first-order valence-electron chi connectivity index (χ1n) is 6.86. The summed E-state index contributed by atoms with van der Waals surface area (Å²) in [5, 5.41) is 4.58. The van der Waals surface area contributed by atoms with Crippen LogP contribution in [0.15, 0.2) is 48.5 Å². The molecule has 2 aromatic carbocycles. The van der Waals surface area contributed by atoms with Gasteiger partial charge in [0.1, 0.15) is 6.04 Å². The van der Waals surface area contributed by atoms with Crippen LogP contribution in [0.25, 0.3) is 0 Å². The highest BCUT2D eigenvalue weighted by atomic mass is 35.5. The second kappa shape index (κ2) is 7.63. The Labute approximate surface area is 140 Å². The molecule has 2 aromatic rings. The fourth-order valence-electron chi connectivity index (χ4n) is 2.17. The van der Waals surface area contributed by atoms with Crippen molar-refractivity contribution in [2.24, 2.45) is 0 Å². The van der Waals surface area contributed by atoms with Crippen LogP contribution in [0.2, 0.25) is 10.0 Å². The van der Waals surface area contributed by atoms with Crippen molar-refractivity contribution in [3.8, 4) is 0 Å². The van der Waals surface area contributed by atoms with E-state index in [9.17, 15) is 4.79 Å². The lowest BCUT2D eigenvalue weighted by Gasteiger charge is -2.22. The van der Waals surface area contributed by atoms with Gasteiger partial charge in [0.25, 0.3) is 0 Å². The SMILES string of the molecule is COC(=O)[C@H](N[C@H](C)c1ccc(Cl)cc1)c1ccc(Cl)cc1. The first-order chi connectivity index (χ1) is 10.5. The molecule has 22 heavy (non-hydrogen) atoms. The van der Waals surface area contributed by atoms with Crippen molar-refractivity contribution in [1.82, 2.24) is 5.32 Å². The summed E-state index contributed by atoms with van der Waals surface area (Å²) in [5.41, 5.74) is 1.84. The molecule has 2 atom stereocenters. The third-order valence-electron chi connectivity index (χ3n) is 3.43. The molecule has 5 heteroatoms. The van der Waals surface area contributed by atoms with Crippen molar-refractivity contribution in [2.45, 2.75) is 19.0 Å². The van der Waals surface area contributed by atoms with E-state index >= 15 is 0 Å².